The van der Waals surface area contributed by atoms with Gasteiger partial charge in [0.25, 0.3) is 5.91 Å². The van der Waals surface area contributed by atoms with Crippen LogP contribution in [0, 0.1) is 20.8 Å². The lowest BCUT2D eigenvalue weighted by molar-refractivity contribution is -0.136. The van der Waals surface area contributed by atoms with Crippen molar-refractivity contribution in [1.29, 1.82) is 0 Å². The largest absolute Gasteiger partial charge is 0.375 e. The van der Waals surface area contributed by atoms with Crippen LogP contribution in [0.3, 0.4) is 0 Å². The summed E-state index contributed by atoms with van der Waals surface area (Å²) in [4.78, 5) is 28.2. The number of anilines is 1. The lowest BCUT2D eigenvalue weighted by atomic mass is 9.86. The Bertz CT molecular complexity index is 1190. The molecule has 1 amide bonds. The van der Waals surface area contributed by atoms with Crippen LogP contribution in [0.25, 0.3) is 0 Å². The molecule has 0 fully saturated rings. The fourth-order valence-electron chi connectivity index (χ4n) is 4.20. The number of benzene rings is 3. The predicted octanol–water partition coefficient (Wildman–Crippen LogP) is 5.27. The Morgan fingerprint density at radius 3 is 2.32 bits per heavy atom. The Balaban J connectivity index is 1.69. The van der Waals surface area contributed by atoms with Gasteiger partial charge in [-0.25, -0.2) is 0 Å². The van der Waals surface area contributed by atoms with E-state index in [2.05, 4.69) is 0 Å². The highest BCUT2D eigenvalue weighted by molar-refractivity contribution is 6.30. The van der Waals surface area contributed by atoms with Gasteiger partial charge in [0.1, 0.15) is 0 Å². The van der Waals surface area contributed by atoms with Crippen molar-refractivity contribution < 1.29 is 14.7 Å². The Labute approximate surface area is 187 Å². The number of fused-ring (bicyclic) bond motifs is 1. The zero-order chi connectivity index (χ0) is 22.3. The van der Waals surface area contributed by atoms with Crippen LogP contribution >= 0.6 is 11.6 Å². The summed E-state index contributed by atoms with van der Waals surface area (Å²) in [5.74, 6) is -0.738. The van der Waals surface area contributed by atoms with Gasteiger partial charge < -0.3 is 10.0 Å². The Kier molecular flexibility index (Phi) is 5.46. The predicted molar refractivity (Wildman–Crippen MR) is 123 cm³/mol. The fraction of sp³-hybridized carbons (Fsp3) is 0.231. The molecule has 1 N–H and O–H groups in total. The quantitative estimate of drug-likeness (QED) is 0.557. The average molecular weight is 434 g/mol. The van der Waals surface area contributed by atoms with Crippen molar-refractivity contribution in [3.63, 3.8) is 0 Å². The molecule has 0 aromatic heterocycles. The Morgan fingerprint density at radius 1 is 0.968 bits per heavy atom. The Morgan fingerprint density at radius 2 is 1.61 bits per heavy atom. The second-order valence-corrected chi connectivity index (χ2v) is 8.68. The molecule has 0 saturated carbocycles. The summed E-state index contributed by atoms with van der Waals surface area (Å²) in [6.45, 7) is 6.10. The van der Waals surface area contributed by atoms with Gasteiger partial charge in [0.2, 0.25) is 0 Å². The molecule has 0 spiro atoms. The number of aryl methyl sites for hydroxylation is 3. The van der Waals surface area contributed by atoms with Gasteiger partial charge >= 0.3 is 0 Å². The molecule has 31 heavy (non-hydrogen) atoms. The summed E-state index contributed by atoms with van der Waals surface area (Å²) < 4.78 is 0. The van der Waals surface area contributed by atoms with Crippen LogP contribution in [-0.4, -0.2) is 16.8 Å². The molecular formula is C26H24ClNO3. The first-order chi connectivity index (χ1) is 14.7. The third-order valence-electron chi connectivity index (χ3n) is 6.05. The van der Waals surface area contributed by atoms with E-state index in [4.69, 9.17) is 11.6 Å². The number of Topliss-reactive ketones (excluding diaryl/α,β-unsaturated/α-hetero) is 1. The molecule has 1 heterocycles. The van der Waals surface area contributed by atoms with Crippen LogP contribution in [0.2, 0.25) is 5.02 Å². The molecule has 0 aliphatic carbocycles. The Hall–Kier alpha value is -2.95. The standard InChI is InChI=1S/C26H24ClNO3/c1-16-12-18(3)21(13-17(16)2)24(29)14-26(31)22-6-4-5-7-23(22)28(25(26)30)15-19-8-10-20(27)11-9-19/h4-13,31H,14-15H2,1-3H3/t26-/m1/s1. The number of hydrogen-bond acceptors (Lipinski definition) is 3. The molecule has 5 heteroatoms. The first-order valence-corrected chi connectivity index (χ1v) is 10.6. The minimum absolute atomic E-state index is 0.250. The molecule has 4 nitrogen and oxygen atoms in total. The average Bonchev–Trinajstić information content (AvgIpc) is 2.94. The number of aliphatic hydroxyl groups is 1. The molecule has 1 aliphatic rings. The van der Waals surface area contributed by atoms with Crippen molar-refractivity contribution in [2.45, 2.75) is 39.3 Å². The number of para-hydroxylation sites is 1. The highest BCUT2D eigenvalue weighted by atomic mass is 35.5. The van der Waals surface area contributed by atoms with Crippen LogP contribution in [0.15, 0.2) is 60.7 Å². The number of halogens is 1. The fourth-order valence-corrected chi connectivity index (χ4v) is 4.32. The van der Waals surface area contributed by atoms with Crippen molar-refractivity contribution in [2.75, 3.05) is 4.90 Å². The molecule has 0 radical (unpaired) electrons. The van der Waals surface area contributed by atoms with E-state index in [1.54, 1.807) is 35.2 Å². The molecule has 0 bridgehead atoms. The SMILES string of the molecule is Cc1cc(C)c(C(=O)C[C@]2(O)C(=O)N(Cc3ccc(Cl)cc3)c3ccccc32)cc1C. The molecule has 1 atom stereocenters. The van der Waals surface area contributed by atoms with Gasteiger partial charge in [-0.2, -0.15) is 0 Å². The highest BCUT2D eigenvalue weighted by Crippen LogP contribution is 2.43. The normalized spacial score (nSPS) is 17.7. The maximum Gasteiger partial charge on any atom is 0.264 e. The van der Waals surface area contributed by atoms with Crippen LogP contribution in [0.5, 0.6) is 0 Å². The van der Waals surface area contributed by atoms with E-state index in [1.165, 1.54) is 0 Å². The summed E-state index contributed by atoms with van der Waals surface area (Å²) in [6, 6.07) is 18.1. The number of ketones is 1. The summed E-state index contributed by atoms with van der Waals surface area (Å²) in [5.41, 5.74) is 3.55. The molecule has 3 aromatic carbocycles. The van der Waals surface area contributed by atoms with Crippen molar-refractivity contribution in [2.24, 2.45) is 0 Å². The van der Waals surface area contributed by atoms with E-state index in [1.807, 2.05) is 51.1 Å². The molecule has 3 aromatic rings. The molecule has 4 rings (SSSR count). The maximum absolute atomic E-state index is 13.4. The summed E-state index contributed by atoms with van der Waals surface area (Å²) in [7, 11) is 0. The van der Waals surface area contributed by atoms with Crippen molar-refractivity contribution in [1.82, 2.24) is 0 Å². The van der Waals surface area contributed by atoms with E-state index >= 15 is 0 Å². The summed E-state index contributed by atoms with van der Waals surface area (Å²) in [5, 5.41) is 12.1. The van der Waals surface area contributed by atoms with Gasteiger partial charge in [-0.15, -0.1) is 0 Å². The highest BCUT2D eigenvalue weighted by Gasteiger charge is 2.50. The third-order valence-corrected chi connectivity index (χ3v) is 6.30. The number of carbonyl (C=O) groups is 2. The number of rotatable bonds is 5. The number of amides is 1. The summed E-state index contributed by atoms with van der Waals surface area (Å²) >= 11 is 5.97. The molecular weight excluding hydrogens is 410 g/mol. The van der Waals surface area contributed by atoms with Gasteiger partial charge in [0, 0.05) is 16.1 Å². The monoisotopic (exact) mass is 433 g/mol. The molecule has 1 aliphatic heterocycles. The number of carbonyl (C=O) groups excluding carboxylic acids is 2. The minimum atomic E-state index is -1.90. The van der Waals surface area contributed by atoms with Crippen LogP contribution in [0.1, 0.15) is 44.6 Å². The summed E-state index contributed by atoms with van der Waals surface area (Å²) in [6.07, 6.45) is -0.302. The number of nitrogens with zero attached hydrogens (tertiary/aromatic N) is 1. The van der Waals surface area contributed by atoms with Crippen LogP contribution in [0.4, 0.5) is 5.69 Å². The first kappa shape index (κ1) is 21.3. The lowest BCUT2D eigenvalue weighted by Gasteiger charge is -2.23. The van der Waals surface area contributed by atoms with Gasteiger partial charge in [-0.05, 0) is 67.3 Å². The molecule has 158 valence electrons. The topological polar surface area (TPSA) is 57.6 Å². The van der Waals surface area contributed by atoms with E-state index in [9.17, 15) is 14.7 Å². The second kappa shape index (κ2) is 7.95. The van der Waals surface area contributed by atoms with Gasteiger partial charge in [-0.1, -0.05) is 48.0 Å². The van der Waals surface area contributed by atoms with E-state index in [0.717, 1.165) is 22.3 Å². The zero-order valence-electron chi connectivity index (χ0n) is 17.8. The smallest absolute Gasteiger partial charge is 0.264 e. The van der Waals surface area contributed by atoms with Gasteiger partial charge in [0.05, 0.1) is 18.7 Å². The number of hydrogen-bond donors (Lipinski definition) is 1. The van der Waals surface area contributed by atoms with Gasteiger partial charge in [0.15, 0.2) is 11.4 Å². The van der Waals surface area contributed by atoms with E-state index < -0.39 is 11.5 Å². The first-order valence-electron chi connectivity index (χ1n) is 10.2. The molecule has 0 unspecified atom stereocenters. The second-order valence-electron chi connectivity index (χ2n) is 8.25. The zero-order valence-corrected chi connectivity index (χ0v) is 18.5. The van der Waals surface area contributed by atoms with Crippen molar-refractivity contribution in [3.8, 4) is 0 Å². The lowest BCUT2D eigenvalue weighted by Crippen LogP contribution is -2.41. The minimum Gasteiger partial charge on any atom is -0.375 e. The van der Waals surface area contributed by atoms with E-state index in [0.29, 0.717) is 21.8 Å². The van der Waals surface area contributed by atoms with Gasteiger partial charge in [-0.3, -0.25) is 9.59 Å². The van der Waals surface area contributed by atoms with E-state index in [-0.39, 0.29) is 18.7 Å². The van der Waals surface area contributed by atoms with Crippen molar-refractivity contribution >= 4 is 29.0 Å². The van der Waals surface area contributed by atoms with Crippen molar-refractivity contribution in [3.05, 3.63) is 99.1 Å². The van der Waals surface area contributed by atoms with Crippen LogP contribution in [-0.2, 0) is 16.9 Å². The maximum atomic E-state index is 13.4. The van der Waals surface area contributed by atoms with Crippen LogP contribution < -0.4 is 4.90 Å². The third kappa shape index (κ3) is 3.78. The molecule has 0 saturated heterocycles.